The lowest BCUT2D eigenvalue weighted by atomic mass is 9.81. The average Bonchev–Trinajstić information content (AvgIpc) is 2.31. The Kier molecular flexibility index (Phi) is 6.28. The fourth-order valence-corrected chi connectivity index (χ4v) is 3.10. The molecule has 1 saturated heterocycles. The summed E-state index contributed by atoms with van der Waals surface area (Å²) >= 11 is 0. The first-order valence-corrected chi connectivity index (χ1v) is 6.71. The van der Waals surface area contributed by atoms with Crippen LogP contribution in [0.4, 0.5) is 0 Å². The molecule has 1 heterocycles. The summed E-state index contributed by atoms with van der Waals surface area (Å²) in [6.07, 6.45) is 8.12. The van der Waals surface area contributed by atoms with Gasteiger partial charge in [-0.15, -0.1) is 12.4 Å². The predicted molar refractivity (Wildman–Crippen MR) is 70.6 cm³/mol. The first kappa shape index (κ1) is 14.8. The van der Waals surface area contributed by atoms with Crippen LogP contribution in [-0.2, 0) is 4.79 Å². The minimum absolute atomic E-state index is 0. The van der Waals surface area contributed by atoms with Crippen LogP contribution in [0, 0.1) is 11.8 Å². The third kappa shape index (κ3) is 4.47. The van der Waals surface area contributed by atoms with Crippen LogP contribution in [0.3, 0.4) is 0 Å². The van der Waals surface area contributed by atoms with E-state index in [0.717, 1.165) is 31.6 Å². The minimum Gasteiger partial charge on any atom is -0.481 e. The van der Waals surface area contributed by atoms with E-state index in [1.807, 2.05) is 0 Å². The topological polar surface area (TPSA) is 40.5 Å². The number of aliphatic carboxylic acids is 1. The summed E-state index contributed by atoms with van der Waals surface area (Å²) < 4.78 is 0. The first-order valence-electron chi connectivity index (χ1n) is 6.71. The highest BCUT2D eigenvalue weighted by Gasteiger charge is 2.27. The molecule has 17 heavy (non-hydrogen) atoms. The Balaban J connectivity index is 0.00000144. The maximum atomic E-state index is 10.8. The summed E-state index contributed by atoms with van der Waals surface area (Å²) in [4.78, 5) is 13.4. The summed E-state index contributed by atoms with van der Waals surface area (Å²) in [6, 6.07) is 0. The molecule has 3 nitrogen and oxygen atoms in total. The van der Waals surface area contributed by atoms with E-state index in [0.29, 0.717) is 0 Å². The summed E-state index contributed by atoms with van der Waals surface area (Å²) in [6.45, 7) is 3.74. The zero-order chi connectivity index (χ0) is 11.4. The van der Waals surface area contributed by atoms with Crippen molar-refractivity contribution < 1.29 is 9.90 Å². The molecule has 100 valence electrons. The van der Waals surface area contributed by atoms with Gasteiger partial charge < -0.3 is 10.0 Å². The van der Waals surface area contributed by atoms with Crippen LogP contribution in [-0.4, -0.2) is 35.6 Å². The van der Waals surface area contributed by atoms with Gasteiger partial charge in [-0.05, 0) is 57.5 Å². The second-order valence-corrected chi connectivity index (χ2v) is 5.42. The molecule has 0 bridgehead atoms. The van der Waals surface area contributed by atoms with Gasteiger partial charge in [-0.3, -0.25) is 4.79 Å². The molecule has 0 radical (unpaired) electrons. The molecule has 0 spiro atoms. The van der Waals surface area contributed by atoms with E-state index >= 15 is 0 Å². The minimum atomic E-state index is -0.587. The largest absolute Gasteiger partial charge is 0.481 e. The second kappa shape index (κ2) is 7.22. The van der Waals surface area contributed by atoms with Crippen molar-refractivity contribution in [2.75, 3.05) is 19.6 Å². The molecule has 1 aliphatic heterocycles. The molecular formula is C13H24ClNO2. The van der Waals surface area contributed by atoms with Crippen LogP contribution in [0.1, 0.15) is 44.9 Å². The lowest BCUT2D eigenvalue weighted by Gasteiger charge is -2.33. The number of rotatable bonds is 3. The zero-order valence-electron chi connectivity index (χ0n) is 10.4. The number of carboxylic acid groups (broad SMARTS) is 1. The molecular weight excluding hydrogens is 238 g/mol. The van der Waals surface area contributed by atoms with Gasteiger partial charge in [-0.1, -0.05) is 6.42 Å². The molecule has 1 aliphatic carbocycles. The molecule has 0 aromatic heterocycles. The Labute approximate surface area is 110 Å². The summed E-state index contributed by atoms with van der Waals surface area (Å²) in [5.41, 5.74) is 0. The maximum Gasteiger partial charge on any atom is 0.306 e. The van der Waals surface area contributed by atoms with Gasteiger partial charge in [0.25, 0.3) is 0 Å². The number of hydrogen-bond acceptors (Lipinski definition) is 2. The number of nitrogens with zero attached hydrogens (tertiary/aromatic N) is 1. The van der Waals surface area contributed by atoms with Crippen molar-refractivity contribution in [3.8, 4) is 0 Å². The molecule has 0 aromatic rings. The smallest absolute Gasteiger partial charge is 0.306 e. The molecule has 2 fully saturated rings. The molecule has 1 N–H and O–H groups in total. The van der Waals surface area contributed by atoms with E-state index in [9.17, 15) is 4.79 Å². The molecule has 2 rings (SSSR count). The van der Waals surface area contributed by atoms with Crippen LogP contribution >= 0.6 is 12.4 Å². The highest BCUT2D eigenvalue weighted by molar-refractivity contribution is 5.85. The van der Waals surface area contributed by atoms with Gasteiger partial charge in [0.15, 0.2) is 0 Å². The Morgan fingerprint density at radius 1 is 1.06 bits per heavy atom. The third-order valence-corrected chi connectivity index (χ3v) is 4.16. The Morgan fingerprint density at radius 3 is 2.18 bits per heavy atom. The number of piperidine rings is 1. The quantitative estimate of drug-likeness (QED) is 0.849. The van der Waals surface area contributed by atoms with Crippen molar-refractivity contribution >= 4 is 18.4 Å². The standard InChI is InChI=1S/C13H23NO2.ClH/c15-13(16)12-6-4-11(5-7-12)10-14-8-2-1-3-9-14;/h11-12H,1-10H2,(H,15,16);1H. The van der Waals surface area contributed by atoms with Gasteiger partial charge in [0.2, 0.25) is 0 Å². The Morgan fingerprint density at radius 2 is 1.65 bits per heavy atom. The second-order valence-electron chi connectivity index (χ2n) is 5.42. The Hall–Kier alpha value is -0.280. The monoisotopic (exact) mass is 261 g/mol. The lowest BCUT2D eigenvalue weighted by molar-refractivity contribution is -0.143. The molecule has 1 saturated carbocycles. The summed E-state index contributed by atoms with van der Waals surface area (Å²) in [7, 11) is 0. The van der Waals surface area contributed by atoms with Gasteiger partial charge in [-0.2, -0.15) is 0 Å². The summed E-state index contributed by atoms with van der Waals surface area (Å²) in [5.74, 6) is 0.114. The predicted octanol–water partition coefficient (Wildman–Crippen LogP) is 2.79. The van der Waals surface area contributed by atoms with Crippen LogP contribution in [0.15, 0.2) is 0 Å². The number of carbonyl (C=O) groups is 1. The van der Waals surface area contributed by atoms with E-state index < -0.39 is 5.97 Å². The van der Waals surface area contributed by atoms with Crippen molar-refractivity contribution in [2.24, 2.45) is 11.8 Å². The fraction of sp³-hybridized carbons (Fsp3) is 0.923. The third-order valence-electron chi connectivity index (χ3n) is 4.16. The van der Waals surface area contributed by atoms with Crippen LogP contribution < -0.4 is 0 Å². The molecule has 0 atom stereocenters. The number of likely N-dealkylation sites (tertiary alicyclic amines) is 1. The number of halogens is 1. The highest BCUT2D eigenvalue weighted by Crippen LogP contribution is 2.29. The van der Waals surface area contributed by atoms with E-state index in [4.69, 9.17) is 5.11 Å². The molecule has 0 aromatic carbocycles. The average molecular weight is 262 g/mol. The normalized spacial score (nSPS) is 30.6. The number of hydrogen-bond donors (Lipinski definition) is 1. The SMILES string of the molecule is Cl.O=C(O)C1CCC(CN2CCCCC2)CC1. The maximum absolute atomic E-state index is 10.8. The van der Waals surface area contributed by atoms with Crippen LogP contribution in [0.5, 0.6) is 0 Å². The van der Waals surface area contributed by atoms with Crippen LogP contribution in [0.2, 0.25) is 0 Å². The highest BCUT2D eigenvalue weighted by atomic mass is 35.5. The van der Waals surface area contributed by atoms with Gasteiger partial charge in [0.05, 0.1) is 5.92 Å². The number of carboxylic acids is 1. The van der Waals surface area contributed by atoms with Gasteiger partial charge in [-0.25, -0.2) is 0 Å². The van der Waals surface area contributed by atoms with E-state index in [2.05, 4.69) is 4.90 Å². The van der Waals surface area contributed by atoms with Crippen molar-refractivity contribution in [2.45, 2.75) is 44.9 Å². The van der Waals surface area contributed by atoms with Gasteiger partial charge in [0.1, 0.15) is 0 Å². The van der Waals surface area contributed by atoms with E-state index in [1.165, 1.54) is 38.9 Å². The molecule has 0 unspecified atom stereocenters. The fourth-order valence-electron chi connectivity index (χ4n) is 3.10. The Bertz CT molecular complexity index is 234. The summed E-state index contributed by atoms with van der Waals surface area (Å²) in [5, 5.41) is 8.94. The molecule has 0 amide bonds. The van der Waals surface area contributed by atoms with Crippen LogP contribution in [0.25, 0.3) is 0 Å². The molecule has 4 heteroatoms. The van der Waals surface area contributed by atoms with E-state index in [-0.39, 0.29) is 18.3 Å². The zero-order valence-corrected chi connectivity index (χ0v) is 11.3. The molecule has 2 aliphatic rings. The van der Waals surface area contributed by atoms with Crippen molar-refractivity contribution in [1.82, 2.24) is 4.90 Å². The lowest BCUT2D eigenvalue weighted by Crippen LogP contribution is -2.36. The van der Waals surface area contributed by atoms with Crippen molar-refractivity contribution in [1.29, 1.82) is 0 Å². The van der Waals surface area contributed by atoms with Crippen molar-refractivity contribution in [3.05, 3.63) is 0 Å². The van der Waals surface area contributed by atoms with Gasteiger partial charge in [0, 0.05) is 6.54 Å². The van der Waals surface area contributed by atoms with E-state index in [1.54, 1.807) is 0 Å². The first-order chi connectivity index (χ1) is 7.75. The van der Waals surface area contributed by atoms with Gasteiger partial charge >= 0.3 is 5.97 Å². The van der Waals surface area contributed by atoms with Crippen molar-refractivity contribution in [3.63, 3.8) is 0 Å².